The van der Waals surface area contributed by atoms with Crippen LogP contribution in [0.5, 0.6) is 5.75 Å². The van der Waals surface area contributed by atoms with Crippen molar-refractivity contribution in [3.8, 4) is 5.75 Å². The van der Waals surface area contributed by atoms with Crippen LogP contribution >= 0.6 is 0 Å². The molecule has 0 atom stereocenters. The third-order valence-corrected chi connectivity index (χ3v) is 2.40. The van der Waals surface area contributed by atoms with Gasteiger partial charge in [-0.1, -0.05) is 18.2 Å². The summed E-state index contributed by atoms with van der Waals surface area (Å²) in [6.07, 6.45) is 0. The molecule has 2 rings (SSSR count). The Balaban J connectivity index is 2.27. The van der Waals surface area contributed by atoms with Crippen LogP contribution in [0.1, 0.15) is 0 Å². The van der Waals surface area contributed by atoms with E-state index >= 15 is 0 Å². The minimum Gasteiger partial charge on any atom is -0.490 e. The summed E-state index contributed by atoms with van der Waals surface area (Å²) in [5.74, 6) is 0.162. The molecule has 0 fully saturated rings. The summed E-state index contributed by atoms with van der Waals surface area (Å²) in [4.78, 5) is 10.2. The average molecular weight is 257 g/mol. The Kier molecular flexibility index (Phi) is 3.82. The van der Waals surface area contributed by atoms with Crippen molar-refractivity contribution >= 4 is 17.1 Å². The number of methoxy groups -OCH3 is 1. The minimum atomic E-state index is -0.503. The van der Waals surface area contributed by atoms with Crippen molar-refractivity contribution in [3.05, 3.63) is 58.6 Å². The monoisotopic (exact) mass is 257 g/mol. The minimum absolute atomic E-state index is 0.0961. The molecule has 0 saturated carbocycles. The van der Waals surface area contributed by atoms with E-state index in [2.05, 4.69) is 10.2 Å². The van der Waals surface area contributed by atoms with Crippen LogP contribution in [0.3, 0.4) is 0 Å². The molecule has 2 aromatic carbocycles. The zero-order valence-electron chi connectivity index (χ0n) is 10.2. The Morgan fingerprint density at radius 3 is 2.37 bits per heavy atom. The van der Waals surface area contributed by atoms with Gasteiger partial charge in [-0.25, -0.2) is 0 Å². The maximum atomic E-state index is 10.7. The molecular weight excluding hydrogens is 246 g/mol. The van der Waals surface area contributed by atoms with E-state index in [0.29, 0.717) is 11.4 Å². The SMILES string of the molecule is COc1cc(N=Nc2ccccc2)ccc1[N+](=O)[O-]. The molecule has 19 heavy (non-hydrogen) atoms. The molecule has 0 unspecified atom stereocenters. The molecule has 0 aliphatic rings. The third-order valence-electron chi connectivity index (χ3n) is 2.40. The van der Waals surface area contributed by atoms with E-state index in [4.69, 9.17) is 4.74 Å². The number of ether oxygens (including phenoxy) is 1. The quantitative estimate of drug-likeness (QED) is 0.471. The molecule has 0 saturated heterocycles. The van der Waals surface area contributed by atoms with Crippen LogP contribution in [-0.2, 0) is 0 Å². The first-order valence-corrected chi connectivity index (χ1v) is 5.50. The first-order chi connectivity index (χ1) is 9.20. The molecule has 2 aromatic rings. The lowest BCUT2D eigenvalue weighted by molar-refractivity contribution is -0.385. The number of hydrogen-bond donors (Lipinski definition) is 0. The number of hydrogen-bond acceptors (Lipinski definition) is 5. The average Bonchev–Trinajstić information content (AvgIpc) is 2.45. The van der Waals surface area contributed by atoms with Crippen molar-refractivity contribution in [1.29, 1.82) is 0 Å². The lowest BCUT2D eigenvalue weighted by Gasteiger charge is -2.01. The summed E-state index contributed by atoms with van der Waals surface area (Å²) in [6.45, 7) is 0. The Morgan fingerprint density at radius 2 is 1.74 bits per heavy atom. The normalized spacial score (nSPS) is 10.6. The summed E-state index contributed by atoms with van der Waals surface area (Å²) >= 11 is 0. The van der Waals surface area contributed by atoms with Gasteiger partial charge < -0.3 is 4.74 Å². The van der Waals surface area contributed by atoms with Gasteiger partial charge in [0.25, 0.3) is 0 Å². The van der Waals surface area contributed by atoms with Gasteiger partial charge in [0.2, 0.25) is 0 Å². The Morgan fingerprint density at radius 1 is 1.05 bits per heavy atom. The van der Waals surface area contributed by atoms with Crippen LogP contribution in [0.25, 0.3) is 0 Å². The van der Waals surface area contributed by atoms with E-state index in [1.165, 1.54) is 25.3 Å². The van der Waals surface area contributed by atoms with Crippen molar-refractivity contribution in [2.24, 2.45) is 10.2 Å². The molecular formula is C13H11N3O3. The third kappa shape index (κ3) is 3.12. The van der Waals surface area contributed by atoms with E-state index in [0.717, 1.165) is 0 Å². The highest BCUT2D eigenvalue weighted by Gasteiger charge is 2.14. The second-order valence-corrected chi connectivity index (χ2v) is 3.65. The number of azo groups is 1. The van der Waals surface area contributed by atoms with Crippen molar-refractivity contribution < 1.29 is 9.66 Å². The maximum Gasteiger partial charge on any atom is 0.311 e. The van der Waals surface area contributed by atoms with E-state index < -0.39 is 4.92 Å². The topological polar surface area (TPSA) is 77.1 Å². The highest BCUT2D eigenvalue weighted by Crippen LogP contribution is 2.31. The standard InChI is InChI=1S/C13H11N3O3/c1-19-13-9-11(7-8-12(13)16(17)18)15-14-10-5-3-2-4-6-10/h2-9H,1H3. The van der Waals surface area contributed by atoms with Gasteiger partial charge in [-0.05, 0) is 18.2 Å². The molecule has 96 valence electrons. The fourth-order valence-corrected chi connectivity index (χ4v) is 1.49. The van der Waals surface area contributed by atoms with Gasteiger partial charge in [0.15, 0.2) is 5.75 Å². The molecule has 0 aliphatic heterocycles. The van der Waals surface area contributed by atoms with Crippen molar-refractivity contribution in [1.82, 2.24) is 0 Å². The summed E-state index contributed by atoms with van der Waals surface area (Å²) < 4.78 is 4.96. The Labute approximate surface area is 109 Å². The van der Waals surface area contributed by atoms with E-state index in [-0.39, 0.29) is 11.4 Å². The first-order valence-electron chi connectivity index (χ1n) is 5.50. The lowest BCUT2D eigenvalue weighted by atomic mass is 10.2. The van der Waals surface area contributed by atoms with Gasteiger partial charge in [0.1, 0.15) is 0 Å². The molecule has 0 aromatic heterocycles. The molecule has 6 heteroatoms. The Bertz CT molecular complexity index is 612. The highest BCUT2D eigenvalue weighted by atomic mass is 16.6. The number of rotatable bonds is 4. The summed E-state index contributed by atoms with van der Waals surface area (Å²) in [7, 11) is 1.38. The number of nitro benzene ring substituents is 1. The van der Waals surface area contributed by atoms with Crippen LogP contribution in [0.2, 0.25) is 0 Å². The van der Waals surface area contributed by atoms with Crippen molar-refractivity contribution in [3.63, 3.8) is 0 Å². The fraction of sp³-hybridized carbons (Fsp3) is 0.0769. The largest absolute Gasteiger partial charge is 0.490 e. The molecule has 0 bridgehead atoms. The Hall–Kier alpha value is -2.76. The van der Waals surface area contributed by atoms with Gasteiger partial charge >= 0.3 is 5.69 Å². The van der Waals surface area contributed by atoms with Crippen LogP contribution in [-0.4, -0.2) is 12.0 Å². The van der Waals surface area contributed by atoms with E-state index in [1.807, 2.05) is 30.3 Å². The zero-order chi connectivity index (χ0) is 13.7. The summed E-state index contributed by atoms with van der Waals surface area (Å²) in [5, 5.41) is 18.8. The second-order valence-electron chi connectivity index (χ2n) is 3.65. The maximum absolute atomic E-state index is 10.7. The van der Waals surface area contributed by atoms with Gasteiger partial charge in [-0.2, -0.15) is 10.2 Å². The summed E-state index contributed by atoms with van der Waals surface area (Å²) in [5.41, 5.74) is 1.10. The lowest BCUT2D eigenvalue weighted by Crippen LogP contribution is -1.92. The molecule has 6 nitrogen and oxygen atoms in total. The zero-order valence-corrected chi connectivity index (χ0v) is 10.2. The van der Waals surface area contributed by atoms with E-state index in [9.17, 15) is 10.1 Å². The second kappa shape index (κ2) is 5.72. The number of benzene rings is 2. The molecule has 0 N–H and O–H groups in total. The molecule has 0 aliphatic carbocycles. The van der Waals surface area contributed by atoms with Crippen LogP contribution < -0.4 is 4.74 Å². The van der Waals surface area contributed by atoms with Crippen LogP contribution in [0.15, 0.2) is 58.8 Å². The van der Waals surface area contributed by atoms with Crippen molar-refractivity contribution in [2.75, 3.05) is 7.11 Å². The highest BCUT2D eigenvalue weighted by molar-refractivity contribution is 5.55. The molecule has 0 spiro atoms. The fourth-order valence-electron chi connectivity index (χ4n) is 1.49. The molecule has 0 heterocycles. The van der Waals surface area contributed by atoms with Gasteiger partial charge in [-0.3, -0.25) is 10.1 Å². The predicted octanol–water partition coefficient (Wildman–Crippen LogP) is 4.02. The summed E-state index contributed by atoms with van der Waals surface area (Å²) in [6, 6.07) is 13.6. The number of nitrogens with zero attached hydrogens (tertiary/aromatic N) is 3. The number of nitro groups is 1. The van der Waals surface area contributed by atoms with Gasteiger partial charge in [-0.15, -0.1) is 0 Å². The smallest absolute Gasteiger partial charge is 0.311 e. The predicted molar refractivity (Wildman–Crippen MR) is 70.3 cm³/mol. The first kappa shape index (κ1) is 12.7. The van der Waals surface area contributed by atoms with Crippen LogP contribution in [0.4, 0.5) is 17.1 Å². The van der Waals surface area contributed by atoms with Crippen LogP contribution in [0, 0.1) is 10.1 Å². The van der Waals surface area contributed by atoms with E-state index in [1.54, 1.807) is 0 Å². The van der Waals surface area contributed by atoms with Gasteiger partial charge in [0.05, 0.1) is 23.4 Å². The molecule has 0 radical (unpaired) electrons. The van der Waals surface area contributed by atoms with Gasteiger partial charge in [0, 0.05) is 12.1 Å². The van der Waals surface area contributed by atoms with Crippen molar-refractivity contribution in [2.45, 2.75) is 0 Å². The molecule has 0 amide bonds.